The van der Waals surface area contributed by atoms with Crippen LogP contribution in [0.2, 0.25) is 5.02 Å². The lowest BCUT2D eigenvalue weighted by molar-refractivity contribution is -0.165. The van der Waals surface area contributed by atoms with E-state index in [1.165, 1.54) is 37.1 Å². The minimum atomic E-state index is -4.99. The van der Waals surface area contributed by atoms with Crippen LogP contribution in [0.25, 0.3) is 5.76 Å². The number of aliphatic hydroxyl groups is 1. The second kappa shape index (κ2) is 8.64. The predicted molar refractivity (Wildman–Crippen MR) is 73.7 cm³/mol. The van der Waals surface area contributed by atoms with Gasteiger partial charge < -0.3 is 5.11 Å². The van der Waals surface area contributed by atoms with Gasteiger partial charge in [0.05, 0.1) is 0 Å². The number of halogens is 4. The molecular weight excluding hydrogens is 293 g/mol. The van der Waals surface area contributed by atoms with Crippen LogP contribution >= 0.6 is 11.6 Å². The normalized spacial score (nSPS) is 11.6. The Bertz CT molecular complexity index is 448. The zero-order valence-electron chi connectivity index (χ0n) is 11.2. The van der Waals surface area contributed by atoms with Gasteiger partial charge in [0.2, 0.25) is 0 Å². The molecule has 1 N–H and O–H groups in total. The van der Waals surface area contributed by atoms with Crippen molar-refractivity contribution in [1.82, 2.24) is 0 Å². The summed E-state index contributed by atoms with van der Waals surface area (Å²) in [6.07, 6.45) is -2.22. The van der Waals surface area contributed by atoms with E-state index in [9.17, 15) is 23.1 Å². The third kappa shape index (κ3) is 7.19. The standard InChI is InChI=1S/C10H6ClF3O2.C4H10/c11-7-3-1-6(2-4-7)8(15)5-9(16)10(12,13)14;1-3-4-2/h1-5,15H;3-4H2,1-2H3/b8-5-;. The molecule has 2 nitrogen and oxygen atoms in total. The van der Waals surface area contributed by atoms with Gasteiger partial charge in [-0.1, -0.05) is 38.3 Å². The van der Waals surface area contributed by atoms with E-state index < -0.39 is 17.7 Å². The lowest BCUT2D eigenvalue weighted by Crippen LogP contribution is -2.20. The number of unbranched alkanes of at least 4 members (excludes halogenated alkanes) is 1. The van der Waals surface area contributed by atoms with Gasteiger partial charge in [-0.05, 0) is 24.3 Å². The summed E-state index contributed by atoms with van der Waals surface area (Å²) in [7, 11) is 0. The van der Waals surface area contributed by atoms with Crippen LogP contribution < -0.4 is 0 Å². The van der Waals surface area contributed by atoms with Gasteiger partial charge in [0.25, 0.3) is 5.78 Å². The molecule has 1 aromatic carbocycles. The van der Waals surface area contributed by atoms with E-state index in [0.717, 1.165) is 0 Å². The van der Waals surface area contributed by atoms with Crippen LogP contribution in [0.1, 0.15) is 32.3 Å². The highest BCUT2D eigenvalue weighted by Crippen LogP contribution is 2.20. The molecule has 1 aromatic rings. The average molecular weight is 309 g/mol. The third-order valence-corrected chi connectivity index (χ3v) is 2.44. The average Bonchev–Trinajstić information content (AvgIpc) is 2.38. The fourth-order valence-electron chi connectivity index (χ4n) is 0.910. The zero-order valence-corrected chi connectivity index (χ0v) is 11.9. The van der Waals surface area contributed by atoms with Crippen molar-refractivity contribution in [2.75, 3.05) is 0 Å². The van der Waals surface area contributed by atoms with Crippen molar-refractivity contribution >= 4 is 23.1 Å². The van der Waals surface area contributed by atoms with E-state index in [-0.39, 0.29) is 11.6 Å². The molecule has 0 atom stereocenters. The maximum atomic E-state index is 11.9. The lowest BCUT2D eigenvalue weighted by Gasteiger charge is -2.02. The molecule has 0 aromatic heterocycles. The Labute approximate surface area is 120 Å². The van der Waals surface area contributed by atoms with Crippen LogP contribution in [0, 0.1) is 0 Å². The van der Waals surface area contributed by atoms with Crippen LogP contribution in [-0.2, 0) is 4.79 Å². The molecule has 0 radical (unpaired) electrons. The largest absolute Gasteiger partial charge is 0.507 e. The fourth-order valence-corrected chi connectivity index (χ4v) is 1.04. The van der Waals surface area contributed by atoms with Crippen LogP contribution in [-0.4, -0.2) is 17.1 Å². The number of alkyl halides is 3. The number of carbonyl (C=O) groups excluding carboxylic acids is 1. The second-order valence-electron chi connectivity index (χ2n) is 3.90. The first-order valence-corrected chi connectivity index (χ1v) is 6.37. The van der Waals surface area contributed by atoms with Crippen molar-refractivity contribution in [1.29, 1.82) is 0 Å². The highest BCUT2D eigenvalue weighted by molar-refractivity contribution is 6.30. The number of hydrogen-bond acceptors (Lipinski definition) is 2. The topological polar surface area (TPSA) is 37.3 Å². The highest BCUT2D eigenvalue weighted by atomic mass is 35.5. The van der Waals surface area contributed by atoms with Gasteiger partial charge in [-0.15, -0.1) is 0 Å². The molecule has 0 heterocycles. The number of allylic oxidation sites excluding steroid dienone is 1. The Morgan fingerprint density at radius 1 is 1.20 bits per heavy atom. The number of aliphatic hydroxyl groups excluding tert-OH is 1. The van der Waals surface area contributed by atoms with Gasteiger partial charge in [-0.3, -0.25) is 4.79 Å². The number of benzene rings is 1. The highest BCUT2D eigenvalue weighted by Gasteiger charge is 2.36. The van der Waals surface area contributed by atoms with E-state index in [1.54, 1.807) is 0 Å². The van der Waals surface area contributed by atoms with E-state index in [0.29, 0.717) is 5.02 Å². The monoisotopic (exact) mass is 308 g/mol. The van der Waals surface area contributed by atoms with Crippen LogP contribution in [0.3, 0.4) is 0 Å². The first kappa shape index (κ1) is 18.5. The van der Waals surface area contributed by atoms with Crippen LogP contribution in [0.15, 0.2) is 30.3 Å². The molecule has 0 amide bonds. The summed E-state index contributed by atoms with van der Waals surface area (Å²) in [6, 6.07) is 5.38. The zero-order chi connectivity index (χ0) is 15.8. The van der Waals surface area contributed by atoms with Gasteiger partial charge in [-0.25, -0.2) is 0 Å². The fraction of sp³-hybridized carbons (Fsp3) is 0.357. The van der Waals surface area contributed by atoms with Gasteiger partial charge in [-0.2, -0.15) is 13.2 Å². The maximum Gasteiger partial charge on any atom is 0.454 e. The Morgan fingerprint density at radius 2 is 1.65 bits per heavy atom. The van der Waals surface area contributed by atoms with Crippen molar-refractivity contribution in [3.63, 3.8) is 0 Å². The van der Waals surface area contributed by atoms with Crippen molar-refractivity contribution in [2.24, 2.45) is 0 Å². The molecule has 0 bridgehead atoms. The second-order valence-corrected chi connectivity index (χ2v) is 4.33. The molecule has 112 valence electrons. The molecular formula is C14H16ClF3O2. The van der Waals surface area contributed by atoms with Crippen molar-refractivity contribution in [3.8, 4) is 0 Å². The van der Waals surface area contributed by atoms with Gasteiger partial charge in [0.1, 0.15) is 5.76 Å². The summed E-state index contributed by atoms with van der Waals surface area (Å²) >= 11 is 5.55. The summed E-state index contributed by atoms with van der Waals surface area (Å²) < 4.78 is 35.6. The first-order chi connectivity index (χ1) is 9.22. The summed E-state index contributed by atoms with van der Waals surface area (Å²) in [5, 5.41) is 9.62. The SMILES string of the molecule is CCCC.O=C(/C=C(\O)c1ccc(Cl)cc1)C(F)(F)F. The number of rotatable bonds is 3. The molecule has 0 spiro atoms. The molecule has 0 aliphatic heterocycles. The predicted octanol–water partition coefficient (Wildman–Crippen LogP) is 5.18. The molecule has 20 heavy (non-hydrogen) atoms. The quantitative estimate of drug-likeness (QED) is 0.617. The molecule has 1 rings (SSSR count). The molecule has 6 heteroatoms. The first-order valence-electron chi connectivity index (χ1n) is 6.00. The molecule has 0 unspecified atom stereocenters. The van der Waals surface area contributed by atoms with E-state index in [4.69, 9.17) is 11.6 Å². The maximum absolute atomic E-state index is 11.9. The number of carbonyl (C=O) groups is 1. The van der Waals surface area contributed by atoms with E-state index in [2.05, 4.69) is 13.8 Å². The van der Waals surface area contributed by atoms with Gasteiger partial charge >= 0.3 is 6.18 Å². The van der Waals surface area contributed by atoms with Crippen molar-refractivity contribution in [3.05, 3.63) is 40.9 Å². The van der Waals surface area contributed by atoms with Crippen LogP contribution in [0.4, 0.5) is 13.2 Å². The molecule has 0 saturated heterocycles. The summed E-state index contributed by atoms with van der Waals surface area (Å²) in [5.74, 6) is -2.86. The minimum Gasteiger partial charge on any atom is -0.507 e. The lowest BCUT2D eigenvalue weighted by atomic mass is 10.1. The Balaban J connectivity index is 0.000000796. The van der Waals surface area contributed by atoms with Crippen molar-refractivity contribution < 1.29 is 23.1 Å². The number of ketones is 1. The molecule has 0 saturated carbocycles. The summed E-state index contributed by atoms with van der Waals surface area (Å²) in [5.41, 5.74) is 0.0852. The summed E-state index contributed by atoms with van der Waals surface area (Å²) in [4.78, 5) is 10.5. The third-order valence-electron chi connectivity index (χ3n) is 2.19. The van der Waals surface area contributed by atoms with Gasteiger partial charge in [0, 0.05) is 16.7 Å². The smallest absolute Gasteiger partial charge is 0.454 e. The Hall–Kier alpha value is -1.49. The van der Waals surface area contributed by atoms with E-state index >= 15 is 0 Å². The van der Waals surface area contributed by atoms with Crippen LogP contribution in [0.5, 0.6) is 0 Å². The molecule has 0 aliphatic carbocycles. The molecule has 0 aliphatic rings. The minimum absolute atomic E-state index is 0.0852. The number of hydrogen-bond donors (Lipinski definition) is 1. The van der Waals surface area contributed by atoms with Gasteiger partial charge in [0.15, 0.2) is 0 Å². The Morgan fingerprint density at radius 3 is 2.00 bits per heavy atom. The summed E-state index contributed by atoms with van der Waals surface area (Å²) in [6.45, 7) is 4.36. The van der Waals surface area contributed by atoms with Crippen molar-refractivity contribution in [2.45, 2.75) is 32.9 Å². The molecule has 0 fully saturated rings. The Kier molecular flexibility index (Phi) is 7.99. The van der Waals surface area contributed by atoms with E-state index in [1.807, 2.05) is 0 Å².